The maximum atomic E-state index is 6.57. The molecule has 0 amide bonds. The minimum atomic E-state index is 0.476. The average Bonchev–Trinajstić information content (AvgIpc) is 3.48. The predicted octanol–water partition coefficient (Wildman–Crippen LogP) is 4.08. The normalized spacial score (nSPS) is 12.9. The number of hydrogen-bond acceptors (Lipinski definition) is 7. The molecule has 1 aliphatic carbocycles. The highest BCUT2D eigenvalue weighted by molar-refractivity contribution is 7.22. The van der Waals surface area contributed by atoms with Crippen LogP contribution in [-0.4, -0.2) is 25.6 Å². The molecule has 0 bridgehead atoms. The van der Waals surface area contributed by atoms with Crippen LogP contribution in [0.4, 0.5) is 5.69 Å². The van der Waals surface area contributed by atoms with Crippen LogP contribution in [0.15, 0.2) is 47.1 Å². The molecular weight excluding hydrogens is 372 g/mol. The van der Waals surface area contributed by atoms with Gasteiger partial charge >= 0.3 is 0 Å². The zero-order chi connectivity index (χ0) is 18.7. The summed E-state index contributed by atoms with van der Waals surface area (Å²) in [5.41, 5.74) is 12.9. The standard InChI is InChI=1S/C20H14N6OS/c21-16-15-14(13-6-3-9-27-13)12-8-7-10-4-1-2-5-11(10)17(12)22-20(15)28-18(16)19-23-25-26-24-19/h1-6,9H,7-8,21H2,(H,23,24,25,26). The lowest BCUT2D eigenvalue weighted by Crippen LogP contribution is -2.08. The summed E-state index contributed by atoms with van der Waals surface area (Å²) in [6.07, 6.45) is 3.54. The first-order chi connectivity index (χ1) is 13.8. The quantitative estimate of drug-likeness (QED) is 0.473. The van der Waals surface area contributed by atoms with E-state index in [1.165, 1.54) is 28.0 Å². The Balaban J connectivity index is 1.75. The molecule has 1 aliphatic rings. The third-order valence-corrected chi connectivity index (χ3v) is 6.31. The molecule has 7 nitrogen and oxygen atoms in total. The number of fused-ring (bicyclic) bond motifs is 4. The molecular formula is C20H14N6OS. The van der Waals surface area contributed by atoms with Gasteiger partial charge in [-0.2, -0.15) is 5.21 Å². The number of aromatic nitrogens is 5. The zero-order valence-corrected chi connectivity index (χ0v) is 15.5. The minimum Gasteiger partial charge on any atom is -0.464 e. The lowest BCUT2D eigenvalue weighted by molar-refractivity contribution is 0.582. The number of benzene rings is 1. The van der Waals surface area contributed by atoms with E-state index in [0.29, 0.717) is 11.5 Å². The van der Waals surface area contributed by atoms with Crippen LogP contribution in [0.2, 0.25) is 0 Å². The maximum Gasteiger partial charge on any atom is 0.216 e. The maximum absolute atomic E-state index is 6.57. The molecule has 4 aromatic heterocycles. The Morgan fingerprint density at radius 1 is 1.11 bits per heavy atom. The van der Waals surface area contributed by atoms with E-state index >= 15 is 0 Å². The summed E-state index contributed by atoms with van der Waals surface area (Å²) < 4.78 is 5.81. The van der Waals surface area contributed by atoms with E-state index in [-0.39, 0.29) is 0 Å². The molecule has 5 aromatic rings. The van der Waals surface area contributed by atoms with Crippen molar-refractivity contribution in [2.45, 2.75) is 12.8 Å². The Bertz CT molecular complexity index is 1320. The van der Waals surface area contributed by atoms with Gasteiger partial charge < -0.3 is 10.2 Å². The highest BCUT2D eigenvalue weighted by atomic mass is 32.1. The van der Waals surface area contributed by atoms with Crippen molar-refractivity contribution in [2.24, 2.45) is 0 Å². The van der Waals surface area contributed by atoms with Gasteiger partial charge in [0.1, 0.15) is 15.5 Å². The summed E-state index contributed by atoms with van der Waals surface area (Å²) in [4.78, 5) is 6.64. The molecule has 0 saturated heterocycles. The van der Waals surface area contributed by atoms with E-state index in [2.05, 4.69) is 44.9 Å². The van der Waals surface area contributed by atoms with Gasteiger partial charge in [0.2, 0.25) is 5.82 Å². The molecule has 0 aliphatic heterocycles. The number of furan rings is 1. The van der Waals surface area contributed by atoms with Crippen LogP contribution >= 0.6 is 11.3 Å². The molecule has 0 saturated carbocycles. The first-order valence-corrected chi connectivity index (χ1v) is 9.73. The number of thiophene rings is 1. The number of hydrogen-bond donors (Lipinski definition) is 2. The van der Waals surface area contributed by atoms with E-state index < -0.39 is 0 Å². The number of aryl methyl sites for hydroxylation is 1. The first kappa shape index (κ1) is 15.5. The minimum absolute atomic E-state index is 0.476. The fourth-order valence-corrected chi connectivity index (χ4v) is 5.04. The van der Waals surface area contributed by atoms with Crippen molar-refractivity contribution >= 4 is 27.2 Å². The zero-order valence-electron chi connectivity index (χ0n) is 14.6. The number of nitrogens with two attached hydrogens (primary N) is 1. The Morgan fingerprint density at radius 2 is 2.04 bits per heavy atom. The Morgan fingerprint density at radius 3 is 2.86 bits per heavy atom. The van der Waals surface area contributed by atoms with Crippen LogP contribution in [0.25, 0.3) is 43.5 Å². The van der Waals surface area contributed by atoms with Crippen molar-refractivity contribution in [3.8, 4) is 33.3 Å². The highest BCUT2D eigenvalue weighted by Crippen LogP contribution is 2.48. The van der Waals surface area contributed by atoms with Crippen LogP contribution in [0.5, 0.6) is 0 Å². The summed E-state index contributed by atoms with van der Waals surface area (Å²) in [6.45, 7) is 0. The van der Waals surface area contributed by atoms with Gasteiger partial charge in [-0.15, -0.1) is 21.5 Å². The number of tetrazole rings is 1. The molecule has 6 rings (SSSR count). The molecule has 0 unspecified atom stereocenters. The molecule has 8 heteroatoms. The molecule has 28 heavy (non-hydrogen) atoms. The van der Waals surface area contributed by atoms with Gasteiger partial charge in [-0.05, 0) is 41.3 Å². The molecule has 1 aromatic carbocycles. The van der Waals surface area contributed by atoms with E-state index in [4.69, 9.17) is 15.1 Å². The van der Waals surface area contributed by atoms with E-state index in [9.17, 15) is 0 Å². The second kappa shape index (κ2) is 5.74. The summed E-state index contributed by atoms with van der Waals surface area (Å²) in [6, 6.07) is 12.3. The molecule has 0 atom stereocenters. The van der Waals surface area contributed by atoms with Crippen LogP contribution < -0.4 is 5.73 Å². The first-order valence-electron chi connectivity index (χ1n) is 8.92. The van der Waals surface area contributed by atoms with Gasteiger partial charge in [-0.25, -0.2) is 4.98 Å². The summed E-state index contributed by atoms with van der Waals surface area (Å²) in [7, 11) is 0. The Hall–Kier alpha value is -3.52. The van der Waals surface area contributed by atoms with E-state index in [0.717, 1.165) is 45.0 Å². The fraction of sp³-hybridized carbons (Fsp3) is 0.100. The number of pyridine rings is 1. The third kappa shape index (κ3) is 2.09. The Labute approximate surface area is 163 Å². The summed E-state index contributed by atoms with van der Waals surface area (Å²) in [5, 5.41) is 15.3. The topological polar surface area (TPSA) is 107 Å². The predicted molar refractivity (Wildman–Crippen MR) is 108 cm³/mol. The summed E-state index contributed by atoms with van der Waals surface area (Å²) in [5.74, 6) is 1.27. The summed E-state index contributed by atoms with van der Waals surface area (Å²) >= 11 is 1.48. The van der Waals surface area contributed by atoms with Gasteiger partial charge in [-0.1, -0.05) is 24.3 Å². The van der Waals surface area contributed by atoms with Gasteiger partial charge in [0.05, 0.1) is 17.6 Å². The fourth-order valence-electron chi connectivity index (χ4n) is 4.00. The lowest BCUT2D eigenvalue weighted by Gasteiger charge is -2.21. The number of nitrogen functional groups attached to an aromatic ring is 1. The van der Waals surface area contributed by atoms with Crippen LogP contribution in [-0.2, 0) is 12.8 Å². The molecule has 0 radical (unpaired) electrons. The van der Waals surface area contributed by atoms with Crippen LogP contribution in [0.3, 0.4) is 0 Å². The number of aromatic amines is 1. The van der Waals surface area contributed by atoms with Gasteiger partial charge in [0, 0.05) is 16.5 Å². The SMILES string of the molecule is Nc1c(-c2nn[nH]n2)sc2nc3c(c(-c4ccco4)c12)CCc1ccccc1-3. The second-order valence-electron chi connectivity index (χ2n) is 6.71. The number of nitrogens with zero attached hydrogens (tertiary/aromatic N) is 4. The molecule has 4 heterocycles. The number of nitrogens with one attached hydrogen (secondary N) is 1. The van der Waals surface area contributed by atoms with Gasteiger partial charge in [-0.3, -0.25) is 0 Å². The van der Waals surface area contributed by atoms with Crippen molar-refractivity contribution in [2.75, 3.05) is 5.73 Å². The molecule has 0 fully saturated rings. The van der Waals surface area contributed by atoms with Crippen molar-refractivity contribution < 1.29 is 4.42 Å². The number of H-pyrrole nitrogens is 1. The molecule has 3 N–H and O–H groups in total. The third-order valence-electron chi connectivity index (χ3n) is 5.21. The lowest BCUT2D eigenvalue weighted by atomic mass is 9.85. The van der Waals surface area contributed by atoms with Crippen LogP contribution in [0.1, 0.15) is 11.1 Å². The van der Waals surface area contributed by atoms with Crippen molar-refractivity contribution in [3.63, 3.8) is 0 Å². The van der Waals surface area contributed by atoms with Crippen LogP contribution in [0, 0.1) is 0 Å². The second-order valence-corrected chi connectivity index (χ2v) is 7.71. The largest absolute Gasteiger partial charge is 0.464 e. The number of rotatable bonds is 2. The van der Waals surface area contributed by atoms with Gasteiger partial charge in [0.25, 0.3) is 0 Å². The Kier molecular flexibility index (Phi) is 3.18. The van der Waals surface area contributed by atoms with Gasteiger partial charge in [0.15, 0.2) is 0 Å². The van der Waals surface area contributed by atoms with Crippen molar-refractivity contribution in [1.29, 1.82) is 0 Å². The smallest absolute Gasteiger partial charge is 0.216 e. The number of anilines is 1. The highest BCUT2D eigenvalue weighted by Gasteiger charge is 2.28. The molecule has 0 spiro atoms. The van der Waals surface area contributed by atoms with E-state index in [1.54, 1.807) is 6.26 Å². The van der Waals surface area contributed by atoms with Crippen molar-refractivity contribution in [3.05, 3.63) is 53.8 Å². The monoisotopic (exact) mass is 386 g/mol. The molecule has 136 valence electrons. The average molecular weight is 386 g/mol. The van der Waals surface area contributed by atoms with E-state index in [1.807, 2.05) is 12.1 Å². The van der Waals surface area contributed by atoms with Crippen molar-refractivity contribution in [1.82, 2.24) is 25.6 Å².